The molecule has 2 saturated carbocycles. The number of carboxylic acids is 1. The van der Waals surface area contributed by atoms with Crippen LogP contribution in [0.15, 0.2) is 58.4 Å². The predicted octanol–water partition coefficient (Wildman–Crippen LogP) is 3.88. The zero-order chi connectivity index (χ0) is 27.0. The van der Waals surface area contributed by atoms with E-state index in [1.165, 1.54) is 16.9 Å². The minimum Gasteiger partial charge on any atom is -0.489 e. The SMILES string of the molecule is Cc1ccc(COc2ccc([C@H]3c4sc(=O)[nH]c4SC4C5CC(C6C(=O)N(CC(=O)O)C(=O)C56)C43)cc2)cc1. The minimum atomic E-state index is -1.18. The van der Waals surface area contributed by atoms with Gasteiger partial charge in [0.2, 0.25) is 11.8 Å². The van der Waals surface area contributed by atoms with Crippen LogP contribution in [-0.4, -0.2) is 44.6 Å². The van der Waals surface area contributed by atoms with Crippen LogP contribution in [0.4, 0.5) is 0 Å². The number of carboxylic acid groups (broad SMARTS) is 1. The standard InChI is InChI=1S/C29H26N2O6S2/c1-13-2-4-14(5-3-13)12-37-16-8-6-15(7-9-16)20-21-17-10-18(24(21)38-26-25(20)39-29(36)30-26)23-22(17)27(34)31(28(23)35)11-19(32)33/h2-9,17-18,20-24H,10-12H2,1H3,(H,30,36)(H,32,33)/t17?,18?,20-,21?,22?,23?,24?/m1/s1. The Kier molecular flexibility index (Phi) is 5.75. The lowest BCUT2D eigenvalue weighted by molar-refractivity contribution is -0.149. The van der Waals surface area contributed by atoms with E-state index in [9.17, 15) is 24.3 Å². The number of likely N-dealkylation sites (tertiary alicyclic amines) is 1. The summed E-state index contributed by atoms with van der Waals surface area (Å²) in [4.78, 5) is 55.1. The first-order chi connectivity index (χ1) is 18.8. The van der Waals surface area contributed by atoms with Crippen LogP contribution >= 0.6 is 23.1 Å². The van der Waals surface area contributed by atoms with Crippen LogP contribution < -0.4 is 9.61 Å². The van der Waals surface area contributed by atoms with Crippen LogP contribution in [-0.2, 0) is 21.0 Å². The van der Waals surface area contributed by atoms with E-state index in [1.54, 1.807) is 11.8 Å². The van der Waals surface area contributed by atoms with Crippen molar-refractivity contribution in [1.82, 2.24) is 9.88 Å². The van der Waals surface area contributed by atoms with Gasteiger partial charge in [0.1, 0.15) is 18.9 Å². The number of fused-ring (bicyclic) bond motifs is 9. The van der Waals surface area contributed by atoms with Gasteiger partial charge >= 0.3 is 10.8 Å². The van der Waals surface area contributed by atoms with Crippen LogP contribution in [0.5, 0.6) is 5.75 Å². The number of aromatic amines is 1. The van der Waals surface area contributed by atoms with Crippen molar-refractivity contribution in [3.05, 3.63) is 79.8 Å². The number of H-pyrrole nitrogens is 1. The van der Waals surface area contributed by atoms with E-state index in [0.717, 1.165) is 38.1 Å². The van der Waals surface area contributed by atoms with E-state index < -0.39 is 24.3 Å². The fourth-order valence-corrected chi connectivity index (χ4v) is 10.3. The minimum absolute atomic E-state index is 0.0265. The lowest BCUT2D eigenvalue weighted by Crippen LogP contribution is -2.42. The summed E-state index contributed by atoms with van der Waals surface area (Å²) in [5.41, 5.74) is 3.33. The van der Waals surface area contributed by atoms with Gasteiger partial charge < -0.3 is 14.8 Å². The highest BCUT2D eigenvalue weighted by atomic mass is 32.2. The Bertz CT molecular complexity index is 1540. The number of imide groups is 1. The van der Waals surface area contributed by atoms with Gasteiger partial charge in [-0.3, -0.25) is 24.1 Å². The summed E-state index contributed by atoms with van der Waals surface area (Å²) >= 11 is 2.83. The number of aryl methyl sites for hydroxylation is 1. The zero-order valence-corrected chi connectivity index (χ0v) is 22.7. The highest BCUT2D eigenvalue weighted by Crippen LogP contribution is 2.68. The lowest BCUT2D eigenvalue weighted by atomic mass is 9.68. The number of nitrogens with zero attached hydrogens (tertiary/aromatic N) is 1. The van der Waals surface area contributed by atoms with Gasteiger partial charge in [-0.25, -0.2) is 0 Å². The molecule has 2 aliphatic heterocycles. The Morgan fingerprint density at radius 3 is 2.41 bits per heavy atom. The Morgan fingerprint density at radius 2 is 1.72 bits per heavy atom. The van der Waals surface area contributed by atoms with Gasteiger partial charge in [0.15, 0.2) is 0 Å². The molecule has 3 heterocycles. The molecule has 6 unspecified atom stereocenters. The molecular formula is C29H26N2O6S2. The van der Waals surface area contributed by atoms with E-state index in [2.05, 4.69) is 17.1 Å². The second-order valence-corrected chi connectivity index (χ2v) is 13.2. The third-order valence-corrected chi connectivity index (χ3v) is 11.5. The number of thioether (sulfide) groups is 1. The fourth-order valence-electron chi connectivity index (χ4n) is 7.37. The molecule has 2 bridgehead atoms. The highest BCUT2D eigenvalue weighted by molar-refractivity contribution is 8.00. The average Bonchev–Trinajstić information content (AvgIpc) is 3.64. The molecule has 10 heteroatoms. The first-order valence-corrected chi connectivity index (χ1v) is 14.7. The van der Waals surface area contributed by atoms with Gasteiger partial charge in [0, 0.05) is 16.0 Å². The molecule has 0 radical (unpaired) electrons. The van der Waals surface area contributed by atoms with Crippen molar-refractivity contribution in [2.24, 2.45) is 29.6 Å². The van der Waals surface area contributed by atoms with Gasteiger partial charge in [0.25, 0.3) is 0 Å². The molecule has 2 N–H and O–H groups in total. The summed E-state index contributed by atoms with van der Waals surface area (Å²) in [6, 6.07) is 16.2. The molecule has 200 valence electrons. The third kappa shape index (κ3) is 3.87. The van der Waals surface area contributed by atoms with Crippen molar-refractivity contribution >= 4 is 40.9 Å². The van der Waals surface area contributed by atoms with Crippen molar-refractivity contribution in [2.45, 2.75) is 36.1 Å². The van der Waals surface area contributed by atoms with Gasteiger partial charge in [-0.05, 0) is 54.4 Å². The molecule has 7 atom stereocenters. The smallest absolute Gasteiger partial charge is 0.323 e. The summed E-state index contributed by atoms with van der Waals surface area (Å²) in [5, 5.41) is 10.2. The molecule has 0 spiro atoms. The number of hydrogen-bond acceptors (Lipinski definition) is 7. The Balaban J connectivity index is 1.20. The summed E-state index contributed by atoms with van der Waals surface area (Å²) in [6.07, 6.45) is 0.767. The van der Waals surface area contributed by atoms with Crippen LogP contribution in [0.3, 0.4) is 0 Å². The quantitative estimate of drug-likeness (QED) is 0.438. The maximum absolute atomic E-state index is 13.3. The first-order valence-electron chi connectivity index (χ1n) is 13.0. The molecule has 2 amide bonds. The van der Waals surface area contributed by atoms with E-state index in [4.69, 9.17) is 4.74 Å². The molecule has 7 rings (SSSR count). The number of aromatic nitrogens is 1. The number of thiazole rings is 1. The third-order valence-electron chi connectivity index (χ3n) is 8.87. The fraction of sp³-hybridized carbons (Fsp3) is 0.379. The van der Waals surface area contributed by atoms with Gasteiger partial charge in [-0.1, -0.05) is 53.3 Å². The second kappa shape index (κ2) is 9.09. The molecule has 2 aliphatic carbocycles. The number of aliphatic carboxylic acids is 1. The van der Waals surface area contributed by atoms with Crippen LogP contribution in [0.2, 0.25) is 0 Å². The lowest BCUT2D eigenvalue weighted by Gasteiger charge is -2.43. The number of benzene rings is 2. The first kappa shape index (κ1) is 24.7. The summed E-state index contributed by atoms with van der Waals surface area (Å²) in [6.45, 7) is 1.93. The van der Waals surface area contributed by atoms with Crippen molar-refractivity contribution in [2.75, 3.05) is 6.54 Å². The van der Waals surface area contributed by atoms with Crippen molar-refractivity contribution in [1.29, 1.82) is 0 Å². The highest BCUT2D eigenvalue weighted by Gasteiger charge is 2.69. The molecule has 3 fully saturated rings. The maximum Gasteiger partial charge on any atom is 0.323 e. The Morgan fingerprint density at radius 1 is 1.03 bits per heavy atom. The molecular weight excluding hydrogens is 536 g/mol. The number of nitrogens with one attached hydrogen (secondary N) is 1. The monoisotopic (exact) mass is 562 g/mol. The molecule has 39 heavy (non-hydrogen) atoms. The van der Waals surface area contributed by atoms with Crippen LogP contribution in [0.25, 0.3) is 0 Å². The van der Waals surface area contributed by atoms with Crippen molar-refractivity contribution < 1.29 is 24.2 Å². The number of rotatable bonds is 6. The number of hydrogen-bond donors (Lipinski definition) is 2. The summed E-state index contributed by atoms with van der Waals surface area (Å²) < 4.78 is 6.02. The molecule has 3 aromatic rings. The summed E-state index contributed by atoms with van der Waals surface area (Å²) in [7, 11) is 0. The Hall–Kier alpha value is -3.37. The largest absolute Gasteiger partial charge is 0.489 e. The van der Waals surface area contributed by atoms with Crippen LogP contribution in [0.1, 0.15) is 33.9 Å². The van der Waals surface area contributed by atoms with E-state index in [0.29, 0.717) is 6.61 Å². The topological polar surface area (TPSA) is 117 Å². The normalized spacial score (nSPS) is 30.3. The van der Waals surface area contributed by atoms with Crippen molar-refractivity contribution in [3.8, 4) is 5.75 Å². The zero-order valence-electron chi connectivity index (χ0n) is 21.0. The van der Waals surface area contributed by atoms with Crippen LogP contribution in [0, 0.1) is 36.5 Å². The number of carbonyl (C=O) groups is 3. The maximum atomic E-state index is 13.3. The molecule has 2 aromatic carbocycles. The number of amides is 2. The van der Waals surface area contributed by atoms with Crippen molar-refractivity contribution in [3.63, 3.8) is 0 Å². The van der Waals surface area contributed by atoms with E-state index in [-0.39, 0.29) is 45.6 Å². The molecule has 8 nitrogen and oxygen atoms in total. The molecule has 4 aliphatic rings. The van der Waals surface area contributed by atoms with E-state index in [1.807, 2.05) is 43.3 Å². The average molecular weight is 563 g/mol. The van der Waals surface area contributed by atoms with E-state index >= 15 is 0 Å². The number of ether oxygens (including phenoxy) is 1. The second-order valence-electron chi connectivity index (χ2n) is 11.0. The summed E-state index contributed by atoms with van der Waals surface area (Å²) in [5.74, 6) is -2.18. The van der Waals surface area contributed by atoms with Gasteiger partial charge in [0.05, 0.1) is 16.9 Å². The van der Waals surface area contributed by atoms with Gasteiger partial charge in [-0.2, -0.15) is 0 Å². The molecule has 1 aromatic heterocycles. The Labute approximate surface area is 232 Å². The number of carbonyl (C=O) groups excluding carboxylic acids is 2. The van der Waals surface area contributed by atoms with Gasteiger partial charge in [-0.15, -0.1) is 11.8 Å². The predicted molar refractivity (Wildman–Crippen MR) is 145 cm³/mol. The molecule has 1 saturated heterocycles.